The van der Waals surface area contributed by atoms with Crippen LogP contribution in [-0.2, 0) is 13.1 Å². The number of allylic oxidation sites excluding steroid dienone is 1. The molecule has 3 aromatic carbocycles. The third kappa shape index (κ3) is 4.24. The molecule has 1 heterocycles. The maximum absolute atomic E-state index is 13.7. The van der Waals surface area contributed by atoms with Gasteiger partial charge in [0.1, 0.15) is 0 Å². The third-order valence-electron chi connectivity index (χ3n) is 4.89. The van der Waals surface area contributed by atoms with Crippen molar-refractivity contribution in [2.24, 2.45) is 0 Å². The van der Waals surface area contributed by atoms with Crippen LogP contribution >= 0.6 is 20.2 Å². The Morgan fingerprint density at radius 3 is 2.31 bits per heavy atom. The normalized spacial score (nSPS) is 14.7. The number of aryl methyl sites for hydroxylation is 1. The molecule has 1 aliphatic rings. The van der Waals surface area contributed by atoms with Gasteiger partial charge in [0, 0.05) is 0 Å². The molecule has 0 N–H and O–H groups in total. The van der Waals surface area contributed by atoms with Gasteiger partial charge in [0.05, 0.1) is 0 Å². The predicted molar refractivity (Wildman–Crippen MR) is 132 cm³/mol. The number of methoxy groups -OCH3 is 1. The number of carbonyl (C=O) groups is 1. The summed E-state index contributed by atoms with van der Waals surface area (Å²) in [4.78, 5) is 12.4. The van der Waals surface area contributed by atoms with Gasteiger partial charge in [-0.15, -0.1) is 0 Å². The second-order valence-electron chi connectivity index (χ2n) is 7.15. The SMILES string of the molecule is COc1ccc(N(/C(C)=C\I2OC(=O)c3ccccc32)S(=O)(=O)c2ccc(C)cc2)cc1. The molecule has 0 fully saturated rings. The van der Waals surface area contributed by atoms with Crippen LogP contribution in [0.1, 0.15) is 22.8 Å². The Balaban J connectivity index is 1.81. The third-order valence-corrected chi connectivity index (χ3v) is 11.2. The van der Waals surface area contributed by atoms with E-state index in [0.717, 1.165) is 9.13 Å². The molecular formula is C24H22INO5S. The topological polar surface area (TPSA) is 72.9 Å². The molecule has 3 aromatic rings. The van der Waals surface area contributed by atoms with Gasteiger partial charge in [-0.05, 0) is 0 Å². The number of halogens is 1. The standard InChI is InChI=1S/C24H22INO5S/c1-17-8-14-21(15-9-17)32(28,29)26(19-10-12-20(30-3)13-11-19)18(2)16-25-23-7-5-4-6-22(23)24(27)31-25/h4-16H,1-3H3/b18-16-. The van der Waals surface area contributed by atoms with Crippen LogP contribution in [0, 0.1) is 10.5 Å². The van der Waals surface area contributed by atoms with Crippen molar-refractivity contribution < 1.29 is 21.0 Å². The van der Waals surface area contributed by atoms with Crippen LogP contribution < -0.4 is 9.04 Å². The van der Waals surface area contributed by atoms with Crippen LogP contribution in [0.2, 0.25) is 0 Å². The van der Waals surface area contributed by atoms with Crippen LogP contribution in [0.4, 0.5) is 5.69 Å². The average Bonchev–Trinajstić information content (AvgIpc) is 3.10. The summed E-state index contributed by atoms with van der Waals surface area (Å²) in [6.07, 6.45) is 0. The van der Waals surface area contributed by atoms with E-state index >= 15 is 0 Å². The monoisotopic (exact) mass is 563 g/mol. The number of ether oxygens (including phenoxy) is 1. The van der Waals surface area contributed by atoms with Crippen LogP contribution in [0.5, 0.6) is 5.75 Å². The van der Waals surface area contributed by atoms with Crippen molar-refractivity contribution in [1.29, 1.82) is 0 Å². The van der Waals surface area contributed by atoms with Crippen LogP contribution in [0.15, 0.2) is 87.5 Å². The Bertz CT molecular complexity index is 1280. The Labute approximate surface area is 195 Å². The number of rotatable bonds is 6. The number of carbonyl (C=O) groups excluding carboxylic acids is 1. The molecular weight excluding hydrogens is 541 g/mol. The molecule has 4 rings (SSSR count). The van der Waals surface area contributed by atoms with Crippen molar-refractivity contribution in [2.75, 3.05) is 11.4 Å². The molecule has 166 valence electrons. The molecule has 0 bridgehead atoms. The molecule has 0 saturated heterocycles. The van der Waals surface area contributed by atoms with E-state index in [1.54, 1.807) is 74.7 Å². The van der Waals surface area contributed by atoms with E-state index in [0.29, 0.717) is 22.7 Å². The summed E-state index contributed by atoms with van der Waals surface area (Å²) in [7, 11) is -2.36. The second-order valence-corrected chi connectivity index (χ2v) is 12.7. The van der Waals surface area contributed by atoms with E-state index in [-0.39, 0.29) is 10.9 Å². The predicted octanol–water partition coefficient (Wildman–Crippen LogP) is 5.52. The fraction of sp³-hybridized carbons (Fsp3) is 0.125. The molecule has 32 heavy (non-hydrogen) atoms. The number of hydrogen-bond donors (Lipinski definition) is 0. The van der Waals surface area contributed by atoms with Gasteiger partial charge in [0.2, 0.25) is 0 Å². The summed E-state index contributed by atoms with van der Waals surface area (Å²) in [5.41, 5.74) is 2.47. The molecule has 0 spiro atoms. The van der Waals surface area contributed by atoms with Gasteiger partial charge < -0.3 is 0 Å². The average molecular weight is 563 g/mol. The molecule has 0 radical (unpaired) electrons. The fourth-order valence-corrected chi connectivity index (χ4v) is 8.99. The fourth-order valence-electron chi connectivity index (χ4n) is 3.28. The van der Waals surface area contributed by atoms with Gasteiger partial charge in [0.15, 0.2) is 0 Å². The Kier molecular flexibility index (Phi) is 6.25. The van der Waals surface area contributed by atoms with Crippen molar-refractivity contribution >= 4 is 41.9 Å². The molecule has 1 aliphatic heterocycles. The van der Waals surface area contributed by atoms with Gasteiger partial charge in [0.25, 0.3) is 0 Å². The summed E-state index contributed by atoms with van der Waals surface area (Å²) in [5, 5.41) is 0. The van der Waals surface area contributed by atoms with Crippen molar-refractivity contribution in [1.82, 2.24) is 0 Å². The van der Waals surface area contributed by atoms with Crippen LogP contribution in [-0.4, -0.2) is 21.5 Å². The zero-order chi connectivity index (χ0) is 22.9. The minimum atomic E-state index is -3.91. The molecule has 0 aliphatic carbocycles. The zero-order valence-electron chi connectivity index (χ0n) is 17.8. The molecule has 6 nitrogen and oxygen atoms in total. The Morgan fingerprint density at radius 2 is 1.66 bits per heavy atom. The van der Waals surface area contributed by atoms with E-state index < -0.39 is 30.3 Å². The van der Waals surface area contributed by atoms with E-state index in [1.807, 2.05) is 23.1 Å². The first kappa shape index (κ1) is 22.3. The van der Waals surface area contributed by atoms with Gasteiger partial charge >= 0.3 is 196 Å². The van der Waals surface area contributed by atoms with E-state index in [1.165, 1.54) is 4.31 Å². The number of anilines is 1. The van der Waals surface area contributed by atoms with Crippen molar-refractivity contribution in [3.63, 3.8) is 0 Å². The van der Waals surface area contributed by atoms with Gasteiger partial charge in [-0.1, -0.05) is 0 Å². The summed E-state index contributed by atoms with van der Waals surface area (Å²) < 4.78 is 42.2. The molecule has 0 atom stereocenters. The van der Waals surface area contributed by atoms with Gasteiger partial charge in [-0.3, -0.25) is 0 Å². The molecule has 0 aromatic heterocycles. The number of nitrogens with zero attached hydrogens (tertiary/aromatic N) is 1. The van der Waals surface area contributed by atoms with Crippen LogP contribution in [0.3, 0.4) is 0 Å². The van der Waals surface area contributed by atoms with E-state index in [2.05, 4.69) is 0 Å². The Hall–Kier alpha value is -2.85. The number of hydrogen-bond acceptors (Lipinski definition) is 5. The second kappa shape index (κ2) is 8.95. The zero-order valence-corrected chi connectivity index (χ0v) is 20.8. The quantitative estimate of drug-likeness (QED) is 0.370. The van der Waals surface area contributed by atoms with Crippen molar-refractivity contribution in [3.8, 4) is 5.75 Å². The Morgan fingerprint density at radius 1 is 1.00 bits per heavy atom. The summed E-state index contributed by atoms with van der Waals surface area (Å²) in [6.45, 7) is 3.63. The molecule has 8 heteroatoms. The summed E-state index contributed by atoms with van der Waals surface area (Å²) >= 11 is -2.52. The molecule has 0 saturated carbocycles. The maximum atomic E-state index is 13.7. The first-order chi connectivity index (χ1) is 15.3. The van der Waals surface area contributed by atoms with Gasteiger partial charge in [-0.25, -0.2) is 0 Å². The summed E-state index contributed by atoms with van der Waals surface area (Å²) in [6, 6.07) is 20.8. The number of benzene rings is 3. The van der Waals surface area contributed by atoms with Crippen LogP contribution in [0.25, 0.3) is 0 Å². The van der Waals surface area contributed by atoms with Crippen molar-refractivity contribution in [3.05, 3.63) is 97.3 Å². The molecule has 0 unspecified atom stereocenters. The number of fused-ring (bicyclic) bond motifs is 1. The number of sulfonamides is 1. The van der Waals surface area contributed by atoms with E-state index in [4.69, 9.17) is 7.80 Å². The first-order valence-corrected chi connectivity index (χ1v) is 14.4. The first-order valence-electron chi connectivity index (χ1n) is 9.76. The van der Waals surface area contributed by atoms with E-state index in [9.17, 15) is 13.2 Å². The summed E-state index contributed by atoms with van der Waals surface area (Å²) in [5.74, 6) is 0.268. The van der Waals surface area contributed by atoms with Crippen molar-refractivity contribution in [2.45, 2.75) is 18.7 Å². The minimum absolute atomic E-state index is 0.180. The van der Waals surface area contributed by atoms with Gasteiger partial charge in [-0.2, -0.15) is 0 Å². The molecule has 0 amide bonds.